The third kappa shape index (κ3) is 1.76. The number of nitrogens with one attached hydrogen (secondary N) is 1. The molecular weight excluding hydrogens is 283 g/mol. The van der Waals surface area contributed by atoms with E-state index in [1.165, 1.54) is 6.07 Å². The molecule has 0 spiro atoms. The number of carbonyl (C=O) groups is 1. The fourth-order valence-electron chi connectivity index (χ4n) is 3.21. The summed E-state index contributed by atoms with van der Waals surface area (Å²) >= 11 is 5.82. The highest BCUT2D eigenvalue weighted by Crippen LogP contribution is 2.46. The molecule has 6 heteroatoms. The largest absolute Gasteiger partial charge is 0.468 e. The average molecular weight is 299 g/mol. The predicted octanol–water partition coefficient (Wildman–Crippen LogP) is 3.45. The van der Waals surface area contributed by atoms with Gasteiger partial charge in [0.25, 0.3) is 0 Å². The normalized spacial score (nSPS) is 28.0. The summed E-state index contributed by atoms with van der Waals surface area (Å²) in [5.41, 5.74) is -0.430. The van der Waals surface area contributed by atoms with Gasteiger partial charge in [0.2, 0.25) is 0 Å². The highest BCUT2D eigenvalue weighted by atomic mass is 35.5. The zero-order valence-electron chi connectivity index (χ0n) is 11.5. The predicted molar refractivity (Wildman–Crippen MR) is 73.3 cm³/mol. The van der Waals surface area contributed by atoms with Crippen molar-refractivity contribution in [1.29, 1.82) is 0 Å². The van der Waals surface area contributed by atoms with E-state index in [0.29, 0.717) is 17.7 Å². The summed E-state index contributed by atoms with van der Waals surface area (Å²) in [6.07, 6.45) is 0.487. The van der Waals surface area contributed by atoms with Gasteiger partial charge in [-0.3, -0.25) is 4.90 Å². The molecule has 0 radical (unpaired) electrons. The summed E-state index contributed by atoms with van der Waals surface area (Å²) in [6, 6.07) is 2.45. The number of fused-ring (bicyclic) bond motifs is 4. The maximum absolute atomic E-state index is 14.2. The number of ether oxygens (including phenoxy) is 1. The van der Waals surface area contributed by atoms with Crippen LogP contribution in [0.4, 0.5) is 9.18 Å². The molecule has 1 aromatic carbocycles. The van der Waals surface area contributed by atoms with E-state index < -0.39 is 17.6 Å². The van der Waals surface area contributed by atoms with Crippen LogP contribution in [0.15, 0.2) is 12.1 Å². The zero-order chi connectivity index (χ0) is 14.7. The second kappa shape index (κ2) is 4.25. The van der Waals surface area contributed by atoms with Crippen LogP contribution in [0, 0.1) is 5.82 Å². The molecule has 2 heterocycles. The van der Waals surface area contributed by atoms with Crippen LogP contribution in [0.5, 0.6) is 5.75 Å². The molecule has 3 rings (SSSR count). The maximum atomic E-state index is 14.2. The van der Waals surface area contributed by atoms with Crippen molar-refractivity contribution in [3.8, 4) is 5.75 Å². The Morgan fingerprint density at radius 3 is 2.90 bits per heavy atom. The lowest BCUT2D eigenvalue weighted by Crippen LogP contribution is -2.66. The van der Waals surface area contributed by atoms with Crippen LogP contribution in [0.3, 0.4) is 0 Å². The van der Waals surface area contributed by atoms with Gasteiger partial charge in [-0.15, -0.1) is 0 Å². The summed E-state index contributed by atoms with van der Waals surface area (Å²) in [7, 11) is 0. The van der Waals surface area contributed by atoms with Gasteiger partial charge >= 0.3 is 6.03 Å². The minimum atomic E-state index is -0.769. The van der Waals surface area contributed by atoms with Gasteiger partial charge in [0.05, 0.1) is 16.6 Å². The van der Waals surface area contributed by atoms with Crippen molar-refractivity contribution in [2.24, 2.45) is 0 Å². The first kappa shape index (κ1) is 13.5. The number of rotatable bonds is 1. The van der Waals surface area contributed by atoms with Gasteiger partial charge in [0.15, 0.2) is 11.5 Å². The summed E-state index contributed by atoms with van der Waals surface area (Å²) in [6.45, 7) is 5.70. The summed E-state index contributed by atoms with van der Waals surface area (Å²) in [5.74, 6) is -0.0780. The van der Waals surface area contributed by atoms with Gasteiger partial charge in [-0.25, -0.2) is 9.18 Å². The van der Waals surface area contributed by atoms with Crippen LogP contribution < -0.4 is 10.1 Å². The van der Waals surface area contributed by atoms with E-state index in [1.54, 1.807) is 11.0 Å². The number of hydrogen-bond donors (Lipinski definition) is 1. The number of urea groups is 1. The Kier molecular flexibility index (Phi) is 2.87. The molecule has 0 aromatic heterocycles. The Labute approximate surface area is 121 Å². The minimum absolute atomic E-state index is 0.0142. The molecule has 4 nitrogen and oxygen atoms in total. The van der Waals surface area contributed by atoms with Crippen LogP contribution in [-0.4, -0.2) is 22.7 Å². The van der Waals surface area contributed by atoms with Gasteiger partial charge in [0.1, 0.15) is 5.75 Å². The van der Waals surface area contributed by atoms with Crippen molar-refractivity contribution in [3.05, 3.63) is 28.5 Å². The molecule has 108 valence electrons. The first-order valence-corrected chi connectivity index (χ1v) is 6.98. The number of carbonyl (C=O) groups excluding carboxylic acids is 1. The van der Waals surface area contributed by atoms with Gasteiger partial charge in [-0.2, -0.15) is 0 Å². The van der Waals surface area contributed by atoms with Crippen molar-refractivity contribution >= 4 is 17.6 Å². The molecular formula is C14H16ClFN2O2. The van der Waals surface area contributed by atoms with Crippen molar-refractivity contribution in [2.45, 2.75) is 45.0 Å². The Balaban J connectivity index is 2.12. The van der Waals surface area contributed by atoms with E-state index in [-0.39, 0.29) is 17.1 Å². The lowest BCUT2D eigenvalue weighted by atomic mass is 9.89. The second-order valence-electron chi connectivity index (χ2n) is 5.72. The smallest absolute Gasteiger partial charge is 0.321 e. The Morgan fingerprint density at radius 1 is 1.55 bits per heavy atom. The van der Waals surface area contributed by atoms with Crippen molar-refractivity contribution in [3.63, 3.8) is 0 Å². The van der Waals surface area contributed by atoms with E-state index in [1.807, 2.05) is 20.8 Å². The fourth-order valence-corrected chi connectivity index (χ4v) is 3.37. The molecule has 2 bridgehead atoms. The summed E-state index contributed by atoms with van der Waals surface area (Å²) < 4.78 is 20.1. The van der Waals surface area contributed by atoms with E-state index in [2.05, 4.69) is 5.32 Å². The number of amides is 2. The van der Waals surface area contributed by atoms with Gasteiger partial charge in [-0.05, 0) is 32.9 Å². The topological polar surface area (TPSA) is 41.6 Å². The second-order valence-corrected chi connectivity index (χ2v) is 6.13. The third-order valence-corrected chi connectivity index (χ3v) is 4.19. The quantitative estimate of drug-likeness (QED) is 0.863. The first-order valence-electron chi connectivity index (χ1n) is 6.60. The minimum Gasteiger partial charge on any atom is -0.468 e. The number of nitrogens with zero attached hydrogens (tertiary/aromatic N) is 1. The Bertz CT molecular complexity index is 593. The molecule has 1 N–H and O–H groups in total. The zero-order valence-corrected chi connectivity index (χ0v) is 12.3. The molecule has 2 aliphatic rings. The Hall–Kier alpha value is -1.49. The molecule has 0 aliphatic carbocycles. The molecule has 1 saturated heterocycles. The highest BCUT2D eigenvalue weighted by Gasteiger charge is 2.50. The first-order chi connectivity index (χ1) is 9.33. The van der Waals surface area contributed by atoms with E-state index in [9.17, 15) is 9.18 Å². The molecule has 2 atom stereocenters. The van der Waals surface area contributed by atoms with Crippen LogP contribution in [0.2, 0.25) is 5.02 Å². The van der Waals surface area contributed by atoms with Crippen LogP contribution in [0.25, 0.3) is 0 Å². The molecule has 0 saturated carbocycles. The van der Waals surface area contributed by atoms with Gasteiger partial charge in [0, 0.05) is 12.5 Å². The number of halogens is 2. The van der Waals surface area contributed by atoms with Crippen LogP contribution in [0.1, 0.15) is 38.8 Å². The molecule has 2 unspecified atom stereocenters. The summed E-state index contributed by atoms with van der Waals surface area (Å²) in [4.78, 5) is 13.9. The fraction of sp³-hybridized carbons (Fsp3) is 0.500. The molecule has 2 aliphatic heterocycles. The van der Waals surface area contributed by atoms with Crippen LogP contribution >= 0.6 is 11.6 Å². The average Bonchev–Trinajstić information content (AvgIpc) is 2.31. The molecule has 2 amide bonds. The number of hydrogen-bond acceptors (Lipinski definition) is 2. The molecule has 1 fully saturated rings. The van der Waals surface area contributed by atoms with Gasteiger partial charge in [-0.1, -0.05) is 11.6 Å². The Morgan fingerprint density at radius 2 is 2.25 bits per heavy atom. The van der Waals surface area contributed by atoms with Crippen molar-refractivity contribution in [1.82, 2.24) is 10.2 Å². The number of benzene rings is 1. The SMILES string of the molecule is CC(C)N1C(=O)NC2CC1(C)Oc1ccc(Cl)c(F)c12. The van der Waals surface area contributed by atoms with Gasteiger partial charge < -0.3 is 10.1 Å². The van der Waals surface area contributed by atoms with E-state index >= 15 is 0 Å². The highest BCUT2D eigenvalue weighted by molar-refractivity contribution is 6.30. The third-order valence-electron chi connectivity index (χ3n) is 3.90. The monoisotopic (exact) mass is 298 g/mol. The lowest BCUT2D eigenvalue weighted by molar-refractivity contribution is -0.0970. The standard InChI is InChI=1S/C14H16ClFN2O2/c1-7(2)18-13(19)17-9-6-14(18,3)20-10-5-4-8(15)12(16)11(9)10/h4-5,7,9H,6H2,1-3H3,(H,17,19). The van der Waals surface area contributed by atoms with E-state index in [4.69, 9.17) is 16.3 Å². The lowest BCUT2D eigenvalue weighted by Gasteiger charge is -2.52. The van der Waals surface area contributed by atoms with Crippen molar-refractivity contribution < 1.29 is 13.9 Å². The molecule has 1 aromatic rings. The van der Waals surface area contributed by atoms with E-state index in [0.717, 1.165) is 0 Å². The molecule has 20 heavy (non-hydrogen) atoms. The van der Waals surface area contributed by atoms with Crippen LogP contribution in [-0.2, 0) is 0 Å². The maximum Gasteiger partial charge on any atom is 0.321 e. The summed E-state index contributed by atoms with van der Waals surface area (Å²) in [5, 5.41) is 2.88. The van der Waals surface area contributed by atoms with Crippen molar-refractivity contribution in [2.75, 3.05) is 0 Å².